The van der Waals surface area contributed by atoms with Crippen LogP contribution in [0, 0.1) is 16.7 Å². The Hall–Kier alpha value is -0.770. The van der Waals surface area contributed by atoms with Crippen molar-refractivity contribution in [1.82, 2.24) is 0 Å². The van der Waals surface area contributed by atoms with Crippen LogP contribution in [-0.2, 0) is 0 Å². The van der Waals surface area contributed by atoms with E-state index in [9.17, 15) is 0 Å². The largest absolute Gasteiger partial charge is 0.387 e. The van der Waals surface area contributed by atoms with Crippen molar-refractivity contribution in [2.24, 2.45) is 17.4 Å². The summed E-state index contributed by atoms with van der Waals surface area (Å²) in [6, 6.07) is 0. The highest BCUT2D eigenvalue weighted by Gasteiger charge is 2.11. The molecule has 0 aliphatic carbocycles. The maximum absolute atomic E-state index is 6.94. The van der Waals surface area contributed by atoms with Crippen LogP contribution >= 0.6 is 12.4 Å². The number of halogens is 1. The zero-order valence-electron chi connectivity index (χ0n) is 5.85. The van der Waals surface area contributed by atoms with E-state index >= 15 is 0 Å². The number of amidine groups is 2. The number of rotatable bonds is 3. The molecule has 0 aromatic carbocycles. The summed E-state index contributed by atoms with van der Waals surface area (Å²) in [4.78, 5) is 0. The first-order valence-corrected chi connectivity index (χ1v) is 2.77. The highest BCUT2D eigenvalue weighted by molar-refractivity contribution is 6.01. The summed E-state index contributed by atoms with van der Waals surface area (Å²) in [5.74, 6) is -0.403. The van der Waals surface area contributed by atoms with Crippen molar-refractivity contribution in [2.45, 2.75) is 13.3 Å². The van der Waals surface area contributed by atoms with E-state index in [1.807, 2.05) is 6.92 Å². The predicted molar refractivity (Wildman–Crippen MR) is 44.9 cm³/mol. The molecule has 0 rings (SSSR count). The van der Waals surface area contributed by atoms with Crippen LogP contribution in [-0.4, -0.2) is 11.7 Å². The van der Waals surface area contributed by atoms with Gasteiger partial charge in [-0.2, -0.15) is 0 Å². The fourth-order valence-corrected chi connectivity index (χ4v) is 0.607. The number of hydrogen-bond acceptors (Lipinski definition) is 2. The van der Waals surface area contributed by atoms with Gasteiger partial charge in [-0.3, -0.25) is 10.8 Å². The third-order valence-electron chi connectivity index (χ3n) is 1.16. The van der Waals surface area contributed by atoms with Crippen molar-refractivity contribution < 1.29 is 0 Å². The standard InChI is InChI=1S/C5H12N4.ClH/c1-2-3(4(6)7)5(8)9;/h3H,2H2,1H3,(H3,6,7)(H3,8,9);1H. The average molecular weight is 165 g/mol. The Bertz CT molecular complexity index is 120. The van der Waals surface area contributed by atoms with Crippen molar-refractivity contribution in [3.63, 3.8) is 0 Å². The maximum Gasteiger partial charge on any atom is 0.101 e. The predicted octanol–water partition coefficient (Wildman–Crippen LogP) is 0.306. The molecule has 0 heterocycles. The van der Waals surface area contributed by atoms with Crippen molar-refractivity contribution in [1.29, 1.82) is 10.8 Å². The molecule has 6 N–H and O–H groups in total. The van der Waals surface area contributed by atoms with Crippen LogP contribution in [0.15, 0.2) is 0 Å². The van der Waals surface area contributed by atoms with Gasteiger partial charge in [0.25, 0.3) is 0 Å². The Labute approximate surface area is 66.4 Å². The van der Waals surface area contributed by atoms with Crippen LogP contribution in [0.5, 0.6) is 0 Å². The van der Waals surface area contributed by atoms with Crippen LogP contribution in [0.25, 0.3) is 0 Å². The molecule has 0 spiro atoms. The van der Waals surface area contributed by atoms with Crippen LogP contribution in [0.1, 0.15) is 13.3 Å². The third kappa shape index (κ3) is 3.29. The van der Waals surface area contributed by atoms with Crippen molar-refractivity contribution in [2.75, 3.05) is 0 Å². The Morgan fingerprint density at radius 1 is 1.30 bits per heavy atom. The maximum atomic E-state index is 6.94. The van der Waals surface area contributed by atoms with E-state index in [0.29, 0.717) is 6.42 Å². The minimum atomic E-state index is -0.356. The van der Waals surface area contributed by atoms with Gasteiger partial charge in [0.05, 0.1) is 5.92 Å². The second kappa shape index (κ2) is 5.05. The molecule has 0 bridgehead atoms. The molecule has 0 saturated carbocycles. The molecule has 0 aliphatic rings. The molecule has 5 heteroatoms. The molecule has 0 atom stereocenters. The van der Waals surface area contributed by atoms with Gasteiger partial charge in [-0.15, -0.1) is 12.4 Å². The number of nitrogens with one attached hydrogen (secondary N) is 2. The molecular formula is C5H13ClN4. The Balaban J connectivity index is 0. The van der Waals surface area contributed by atoms with Gasteiger partial charge in [0.15, 0.2) is 0 Å². The molecule has 0 aliphatic heterocycles. The highest BCUT2D eigenvalue weighted by Crippen LogP contribution is 1.98. The molecule has 0 saturated heterocycles. The lowest BCUT2D eigenvalue weighted by atomic mass is 10.1. The minimum Gasteiger partial charge on any atom is -0.387 e. The van der Waals surface area contributed by atoms with Gasteiger partial charge in [0.1, 0.15) is 11.7 Å². The van der Waals surface area contributed by atoms with Crippen molar-refractivity contribution in [3.05, 3.63) is 0 Å². The van der Waals surface area contributed by atoms with E-state index < -0.39 is 0 Å². The zero-order chi connectivity index (χ0) is 7.44. The summed E-state index contributed by atoms with van der Waals surface area (Å²) in [6.07, 6.45) is 0.630. The molecule has 4 nitrogen and oxygen atoms in total. The monoisotopic (exact) mass is 164 g/mol. The molecule has 0 unspecified atom stereocenters. The molecular weight excluding hydrogens is 152 g/mol. The second-order valence-corrected chi connectivity index (χ2v) is 1.87. The van der Waals surface area contributed by atoms with E-state index in [0.717, 1.165) is 0 Å². The normalized spacial score (nSPS) is 11.3. The summed E-state index contributed by atoms with van der Waals surface area (Å²) in [7, 11) is 0. The van der Waals surface area contributed by atoms with Crippen LogP contribution in [0.2, 0.25) is 0 Å². The fraction of sp³-hybridized carbons (Fsp3) is 0.600. The van der Waals surface area contributed by atoms with Gasteiger partial charge in [-0.1, -0.05) is 6.92 Å². The van der Waals surface area contributed by atoms with Gasteiger partial charge >= 0.3 is 0 Å². The smallest absolute Gasteiger partial charge is 0.101 e. The van der Waals surface area contributed by atoms with Gasteiger partial charge in [-0.25, -0.2) is 0 Å². The van der Waals surface area contributed by atoms with Gasteiger partial charge in [0.2, 0.25) is 0 Å². The summed E-state index contributed by atoms with van der Waals surface area (Å²) in [5.41, 5.74) is 10.2. The summed E-state index contributed by atoms with van der Waals surface area (Å²) < 4.78 is 0. The Kier molecular flexibility index (Phi) is 6.04. The Morgan fingerprint density at radius 2 is 1.60 bits per heavy atom. The number of hydrogen-bond donors (Lipinski definition) is 4. The third-order valence-corrected chi connectivity index (χ3v) is 1.16. The SMILES string of the molecule is CCC(C(=N)N)C(=N)N.Cl. The first-order chi connectivity index (χ1) is 4.09. The molecule has 0 amide bonds. The lowest BCUT2D eigenvalue weighted by Crippen LogP contribution is -2.33. The van der Waals surface area contributed by atoms with Crippen LogP contribution in [0.4, 0.5) is 0 Å². The van der Waals surface area contributed by atoms with E-state index in [-0.39, 0.29) is 30.0 Å². The summed E-state index contributed by atoms with van der Waals surface area (Å²) in [6.45, 7) is 1.84. The van der Waals surface area contributed by atoms with E-state index in [1.165, 1.54) is 0 Å². The minimum absolute atomic E-state index is 0. The molecule has 0 radical (unpaired) electrons. The second-order valence-electron chi connectivity index (χ2n) is 1.87. The molecule has 10 heavy (non-hydrogen) atoms. The molecule has 60 valence electrons. The molecule has 0 fully saturated rings. The topological polar surface area (TPSA) is 99.7 Å². The number of nitrogens with two attached hydrogens (primary N) is 2. The summed E-state index contributed by atoms with van der Waals surface area (Å²) >= 11 is 0. The molecule has 0 aromatic rings. The van der Waals surface area contributed by atoms with Crippen molar-refractivity contribution >= 4 is 24.1 Å². The quantitative estimate of drug-likeness (QED) is 0.357. The lowest BCUT2D eigenvalue weighted by Gasteiger charge is -2.08. The highest BCUT2D eigenvalue weighted by atomic mass is 35.5. The average Bonchev–Trinajstić information content (AvgIpc) is 1.64. The van der Waals surface area contributed by atoms with Gasteiger partial charge < -0.3 is 11.5 Å². The van der Waals surface area contributed by atoms with Gasteiger partial charge in [-0.05, 0) is 6.42 Å². The fourth-order valence-electron chi connectivity index (χ4n) is 0.607. The Morgan fingerprint density at radius 3 is 1.60 bits per heavy atom. The van der Waals surface area contributed by atoms with E-state index in [4.69, 9.17) is 22.3 Å². The summed E-state index contributed by atoms with van der Waals surface area (Å²) in [5, 5.41) is 13.9. The van der Waals surface area contributed by atoms with Crippen molar-refractivity contribution in [3.8, 4) is 0 Å². The molecule has 0 aromatic heterocycles. The van der Waals surface area contributed by atoms with Crippen LogP contribution in [0.3, 0.4) is 0 Å². The zero-order valence-corrected chi connectivity index (χ0v) is 6.66. The van der Waals surface area contributed by atoms with Gasteiger partial charge in [0, 0.05) is 0 Å². The van der Waals surface area contributed by atoms with E-state index in [2.05, 4.69) is 0 Å². The lowest BCUT2D eigenvalue weighted by molar-refractivity contribution is 0.828. The first-order valence-electron chi connectivity index (χ1n) is 2.77. The first kappa shape index (κ1) is 12.0. The van der Waals surface area contributed by atoms with E-state index in [1.54, 1.807) is 0 Å². The van der Waals surface area contributed by atoms with Crippen LogP contribution < -0.4 is 11.5 Å².